The van der Waals surface area contributed by atoms with Crippen LogP contribution in [-0.2, 0) is 4.74 Å². The monoisotopic (exact) mass is 242 g/mol. The molecule has 1 aliphatic heterocycles. The van der Waals surface area contributed by atoms with Crippen LogP contribution >= 0.6 is 11.8 Å². The first-order chi connectivity index (χ1) is 7.79. The summed E-state index contributed by atoms with van der Waals surface area (Å²) in [5.41, 5.74) is 0.930. The lowest BCUT2D eigenvalue weighted by Gasteiger charge is -2.30. The molecular formula is C11H18N2O2S. The van der Waals surface area contributed by atoms with E-state index < -0.39 is 0 Å². The largest absolute Gasteiger partial charge is 0.440 e. The van der Waals surface area contributed by atoms with Crippen molar-refractivity contribution in [2.24, 2.45) is 0 Å². The van der Waals surface area contributed by atoms with Crippen LogP contribution in [0.4, 0.5) is 0 Å². The van der Waals surface area contributed by atoms with Gasteiger partial charge in [0.15, 0.2) is 0 Å². The topological polar surface area (TPSA) is 47.3 Å². The summed E-state index contributed by atoms with van der Waals surface area (Å²) in [5, 5.41) is 4.63. The van der Waals surface area contributed by atoms with E-state index in [1.54, 1.807) is 18.0 Å². The van der Waals surface area contributed by atoms with E-state index in [9.17, 15) is 0 Å². The number of rotatable bonds is 4. The second-order valence-corrected chi connectivity index (χ2v) is 5.13. The van der Waals surface area contributed by atoms with Crippen molar-refractivity contribution in [3.05, 3.63) is 12.0 Å². The summed E-state index contributed by atoms with van der Waals surface area (Å²) in [6, 6.07) is 0.496. The molecule has 1 aliphatic rings. The molecule has 4 nitrogen and oxygen atoms in total. The fraction of sp³-hybridized carbons (Fsp3) is 0.727. The first kappa shape index (κ1) is 12.0. The van der Waals surface area contributed by atoms with Gasteiger partial charge in [-0.2, -0.15) is 0 Å². The summed E-state index contributed by atoms with van der Waals surface area (Å²) in [5.74, 6) is 0. The average Bonchev–Trinajstić information content (AvgIpc) is 2.67. The van der Waals surface area contributed by atoms with Gasteiger partial charge in [-0.1, -0.05) is 18.7 Å². The van der Waals surface area contributed by atoms with Crippen LogP contribution in [-0.4, -0.2) is 36.0 Å². The Morgan fingerprint density at radius 3 is 3.19 bits per heavy atom. The smallest absolute Gasteiger partial charge is 0.256 e. The molecule has 0 amide bonds. The summed E-state index contributed by atoms with van der Waals surface area (Å²) in [4.78, 5) is 4.31. The fourth-order valence-corrected chi connectivity index (χ4v) is 2.96. The average molecular weight is 242 g/mol. The third-order valence-electron chi connectivity index (χ3n) is 2.62. The van der Waals surface area contributed by atoms with Gasteiger partial charge in [-0.3, -0.25) is 0 Å². The van der Waals surface area contributed by atoms with Gasteiger partial charge in [0.1, 0.15) is 6.26 Å². The third-order valence-corrected chi connectivity index (χ3v) is 3.78. The van der Waals surface area contributed by atoms with E-state index in [-0.39, 0.29) is 0 Å². The Kier molecular flexibility index (Phi) is 4.26. The Hall–Kier alpha value is -0.520. The molecule has 1 saturated heterocycles. The van der Waals surface area contributed by atoms with Crippen LogP contribution in [0, 0.1) is 6.92 Å². The van der Waals surface area contributed by atoms with Gasteiger partial charge in [-0.25, -0.2) is 4.98 Å². The molecule has 0 saturated carbocycles. The molecule has 2 rings (SSSR count). The van der Waals surface area contributed by atoms with E-state index in [1.165, 1.54) is 0 Å². The first-order valence-electron chi connectivity index (χ1n) is 5.69. The Bertz CT molecular complexity index is 328. The molecule has 0 aliphatic carbocycles. The van der Waals surface area contributed by atoms with Crippen LogP contribution in [0.15, 0.2) is 15.9 Å². The van der Waals surface area contributed by atoms with E-state index in [2.05, 4.69) is 17.2 Å². The SMILES string of the molecule is CCNC1CCOCC1Sc1nc(C)co1. The molecule has 0 bridgehead atoms. The molecule has 0 spiro atoms. The minimum absolute atomic E-state index is 0.395. The molecule has 1 fully saturated rings. The van der Waals surface area contributed by atoms with E-state index in [4.69, 9.17) is 9.15 Å². The van der Waals surface area contributed by atoms with Gasteiger partial charge in [0, 0.05) is 12.6 Å². The second-order valence-electron chi connectivity index (χ2n) is 3.94. The number of nitrogens with zero attached hydrogens (tertiary/aromatic N) is 1. The lowest BCUT2D eigenvalue weighted by Crippen LogP contribution is -2.44. The van der Waals surface area contributed by atoms with Crippen molar-refractivity contribution in [2.45, 2.75) is 36.8 Å². The number of oxazole rings is 1. The van der Waals surface area contributed by atoms with Crippen LogP contribution in [0.2, 0.25) is 0 Å². The molecule has 2 atom stereocenters. The maximum absolute atomic E-state index is 5.51. The molecule has 0 aromatic carbocycles. The quantitative estimate of drug-likeness (QED) is 0.873. The maximum Gasteiger partial charge on any atom is 0.256 e. The van der Waals surface area contributed by atoms with Crippen molar-refractivity contribution >= 4 is 11.8 Å². The van der Waals surface area contributed by atoms with Gasteiger partial charge in [-0.05, 0) is 19.9 Å². The highest BCUT2D eigenvalue weighted by atomic mass is 32.2. The summed E-state index contributed by atoms with van der Waals surface area (Å²) < 4.78 is 10.9. The van der Waals surface area contributed by atoms with Crippen molar-refractivity contribution in [1.29, 1.82) is 0 Å². The number of hydrogen-bond acceptors (Lipinski definition) is 5. The van der Waals surface area contributed by atoms with Gasteiger partial charge in [-0.15, -0.1) is 0 Å². The zero-order valence-electron chi connectivity index (χ0n) is 9.73. The molecule has 5 heteroatoms. The predicted octanol–water partition coefficient (Wildman–Crippen LogP) is 1.84. The van der Waals surface area contributed by atoms with Crippen LogP contribution in [0.25, 0.3) is 0 Å². The first-order valence-corrected chi connectivity index (χ1v) is 6.57. The van der Waals surface area contributed by atoms with Crippen molar-refractivity contribution in [2.75, 3.05) is 19.8 Å². The minimum Gasteiger partial charge on any atom is -0.440 e. The van der Waals surface area contributed by atoms with Crippen molar-refractivity contribution in [3.63, 3.8) is 0 Å². The van der Waals surface area contributed by atoms with Gasteiger partial charge in [0.25, 0.3) is 5.22 Å². The lowest BCUT2D eigenvalue weighted by molar-refractivity contribution is 0.0834. The van der Waals surface area contributed by atoms with E-state index >= 15 is 0 Å². The standard InChI is InChI=1S/C11H18N2O2S/c1-3-12-9-4-5-14-7-10(9)16-11-13-8(2)6-15-11/h6,9-10,12H,3-5,7H2,1-2H3. The Balaban J connectivity index is 1.95. The van der Waals surface area contributed by atoms with Crippen LogP contribution in [0.1, 0.15) is 19.0 Å². The van der Waals surface area contributed by atoms with Crippen LogP contribution in [0.3, 0.4) is 0 Å². The van der Waals surface area contributed by atoms with Crippen molar-refractivity contribution in [1.82, 2.24) is 10.3 Å². The van der Waals surface area contributed by atoms with Gasteiger partial charge in [0.05, 0.1) is 17.6 Å². The van der Waals surface area contributed by atoms with E-state index in [1.807, 2.05) is 6.92 Å². The highest BCUT2D eigenvalue weighted by Crippen LogP contribution is 2.28. The van der Waals surface area contributed by atoms with Gasteiger partial charge in [0.2, 0.25) is 0 Å². The van der Waals surface area contributed by atoms with Crippen LogP contribution < -0.4 is 5.32 Å². The molecule has 1 aromatic heterocycles. The zero-order valence-corrected chi connectivity index (χ0v) is 10.5. The van der Waals surface area contributed by atoms with Gasteiger partial charge >= 0.3 is 0 Å². The summed E-state index contributed by atoms with van der Waals surface area (Å²) >= 11 is 1.67. The maximum atomic E-state index is 5.51. The normalized spacial score (nSPS) is 25.9. The fourth-order valence-electron chi connectivity index (χ4n) is 1.84. The Morgan fingerprint density at radius 2 is 2.50 bits per heavy atom. The number of hydrogen-bond donors (Lipinski definition) is 1. The summed E-state index contributed by atoms with van der Waals surface area (Å²) in [6.45, 7) is 6.68. The Labute approximate surface area is 100 Å². The number of aromatic nitrogens is 1. The number of aryl methyl sites for hydroxylation is 1. The molecular weight excluding hydrogens is 224 g/mol. The van der Waals surface area contributed by atoms with E-state index in [0.29, 0.717) is 11.3 Å². The summed E-state index contributed by atoms with van der Waals surface area (Å²) in [6.07, 6.45) is 2.75. The molecule has 16 heavy (non-hydrogen) atoms. The zero-order chi connectivity index (χ0) is 11.4. The second kappa shape index (κ2) is 5.70. The lowest BCUT2D eigenvalue weighted by atomic mass is 10.1. The summed E-state index contributed by atoms with van der Waals surface area (Å²) in [7, 11) is 0. The number of thioether (sulfide) groups is 1. The Morgan fingerprint density at radius 1 is 1.62 bits per heavy atom. The van der Waals surface area contributed by atoms with Gasteiger partial charge < -0.3 is 14.5 Å². The number of nitrogens with one attached hydrogen (secondary N) is 1. The van der Waals surface area contributed by atoms with E-state index in [0.717, 1.165) is 37.1 Å². The van der Waals surface area contributed by atoms with Crippen molar-refractivity contribution < 1.29 is 9.15 Å². The molecule has 90 valence electrons. The predicted molar refractivity (Wildman–Crippen MR) is 63.8 cm³/mol. The minimum atomic E-state index is 0.395. The third kappa shape index (κ3) is 2.99. The number of ether oxygens (including phenoxy) is 1. The molecule has 2 heterocycles. The molecule has 2 unspecified atom stereocenters. The molecule has 0 radical (unpaired) electrons. The molecule has 1 N–H and O–H groups in total. The highest BCUT2D eigenvalue weighted by Gasteiger charge is 2.27. The molecule has 1 aromatic rings. The van der Waals surface area contributed by atoms with Crippen LogP contribution in [0.5, 0.6) is 0 Å². The van der Waals surface area contributed by atoms with Crippen molar-refractivity contribution in [3.8, 4) is 0 Å². The highest BCUT2D eigenvalue weighted by molar-refractivity contribution is 7.99.